The molecule has 1 saturated heterocycles. The molecule has 10 heteroatoms. The highest BCUT2D eigenvalue weighted by molar-refractivity contribution is 6.31. The van der Waals surface area contributed by atoms with Gasteiger partial charge in [0.2, 0.25) is 5.95 Å². The molecule has 4 rings (SSSR count). The minimum atomic E-state index is -0.483. The number of hydrogen-bond donors (Lipinski definition) is 1. The van der Waals surface area contributed by atoms with Gasteiger partial charge in [0.05, 0.1) is 17.3 Å². The maximum Gasteiger partial charge on any atom is 0.226 e. The second-order valence-corrected chi connectivity index (χ2v) is 8.62. The molecular formula is C22H25ClFN7O. The molecule has 0 radical (unpaired) electrons. The Labute approximate surface area is 190 Å². The van der Waals surface area contributed by atoms with Crippen LogP contribution in [-0.2, 0) is 4.79 Å². The number of fused-ring (bicyclic) bond motifs is 1. The third kappa shape index (κ3) is 4.94. The van der Waals surface area contributed by atoms with Crippen molar-refractivity contribution in [2.45, 2.75) is 25.3 Å². The van der Waals surface area contributed by atoms with E-state index < -0.39 is 5.82 Å². The van der Waals surface area contributed by atoms with Crippen LogP contribution in [-0.4, -0.2) is 64.3 Å². The predicted molar refractivity (Wildman–Crippen MR) is 123 cm³/mol. The molecule has 1 N–H and O–H groups in total. The normalized spacial score (nSPS) is 15.8. The van der Waals surface area contributed by atoms with Gasteiger partial charge in [-0.25, -0.2) is 24.3 Å². The number of hydrogen-bond acceptors (Lipinski definition) is 8. The first kappa shape index (κ1) is 22.3. The van der Waals surface area contributed by atoms with Gasteiger partial charge in [0.15, 0.2) is 5.82 Å². The van der Waals surface area contributed by atoms with Crippen molar-refractivity contribution in [3.05, 3.63) is 41.6 Å². The van der Waals surface area contributed by atoms with E-state index in [-0.39, 0.29) is 11.1 Å². The minimum Gasteiger partial charge on any atom is -0.341 e. The van der Waals surface area contributed by atoms with Gasteiger partial charge >= 0.3 is 0 Å². The van der Waals surface area contributed by atoms with Gasteiger partial charge in [0.1, 0.15) is 29.5 Å². The van der Waals surface area contributed by atoms with Crippen LogP contribution in [0.5, 0.6) is 0 Å². The number of aromatic nitrogens is 4. The Morgan fingerprint density at radius 2 is 2.06 bits per heavy atom. The molecule has 1 unspecified atom stereocenters. The quantitative estimate of drug-likeness (QED) is 0.537. The third-order valence-corrected chi connectivity index (χ3v) is 6.13. The van der Waals surface area contributed by atoms with E-state index in [4.69, 9.17) is 16.6 Å². The van der Waals surface area contributed by atoms with Crippen LogP contribution in [0, 0.1) is 11.7 Å². The molecule has 0 saturated carbocycles. The van der Waals surface area contributed by atoms with Crippen LogP contribution >= 0.6 is 11.6 Å². The minimum absolute atomic E-state index is 0.0256. The number of carbonyl (C=O) groups excluding carboxylic acids is 1. The zero-order valence-electron chi connectivity index (χ0n) is 18.0. The average molecular weight is 458 g/mol. The molecule has 168 valence electrons. The predicted octanol–water partition coefficient (Wildman–Crippen LogP) is 3.69. The highest BCUT2D eigenvalue weighted by atomic mass is 35.5. The molecule has 1 aromatic carbocycles. The highest BCUT2D eigenvalue weighted by Gasteiger charge is 2.25. The molecular weight excluding hydrogens is 433 g/mol. The summed E-state index contributed by atoms with van der Waals surface area (Å²) in [5.41, 5.74) is 1.78. The number of halogens is 2. The van der Waals surface area contributed by atoms with Crippen molar-refractivity contribution < 1.29 is 9.18 Å². The number of aldehydes is 1. The number of nitrogens with zero attached hydrogens (tertiary/aromatic N) is 6. The van der Waals surface area contributed by atoms with Crippen LogP contribution in [0.1, 0.15) is 19.3 Å². The van der Waals surface area contributed by atoms with Crippen molar-refractivity contribution in [1.29, 1.82) is 0 Å². The van der Waals surface area contributed by atoms with Crippen LogP contribution in [0.25, 0.3) is 11.0 Å². The first-order valence-corrected chi connectivity index (χ1v) is 10.9. The zero-order chi connectivity index (χ0) is 22.7. The Morgan fingerprint density at radius 1 is 1.28 bits per heavy atom. The van der Waals surface area contributed by atoms with Crippen LogP contribution in [0.4, 0.5) is 21.8 Å². The van der Waals surface area contributed by atoms with Crippen LogP contribution in [0.15, 0.2) is 30.7 Å². The largest absolute Gasteiger partial charge is 0.341 e. The Hall–Kier alpha value is -2.91. The summed E-state index contributed by atoms with van der Waals surface area (Å²) in [6.45, 7) is 1.64. The molecule has 0 spiro atoms. The first-order valence-electron chi connectivity index (χ1n) is 10.5. The maximum absolute atomic E-state index is 13.5. The number of benzene rings is 1. The third-order valence-electron chi connectivity index (χ3n) is 5.84. The summed E-state index contributed by atoms with van der Waals surface area (Å²) in [6.07, 6.45) is 6.96. The standard InChI is InChI=1S/C22H25ClFN7O/c1-30(2)16(12-32)9-14-5-7-31(8-6-14)22-25-11-19-20(29-22)21(27-13-26-19)28-15-3-4-18(24)17(23)10-15/h3-4,10-14,16H,5-9H2,1-2H3,(H,26,27,28). The first-order chi connectivity index (χ1) is 15.4. The van der Waals surface area contributed by atoms with Crippen molar-refractivity contribution in [2.24, 2.45) is 5.92 Å². The highest BCUT2D eigenvalue weighted by Crippen LogP contribution is 2.28. The molecule has 3 aromatic rings. The van der Waals surface area contributed by atoms with E-state index in [1.54, 1.807) is 12.3 Å². The van der Waals surface area contributed by atoms with Crippen molar-refractivity contribution in [2.75, 3.05) is 37.4 Å². The SMILES string of the molecule is CN(C)C(C=O)CC1CCN(c2ncc3ncnc(Nc4ccc(F)c(Cl)c4)c3n2)CC1. The maximum atomic E-state index is 13.5. The monoisotopic (exact) mass is 457 g/mol. The van der Waals surface area contributed by atoms with Gasteiger partial charge < -0.3 is 15.0 Å². The molecule has 0 amide bonds. The lowest BCUT2D eigenvalue weighted by atomic mass is 9.90. The Bertz CT molecular complexity index is 1100. The molecule has 8 nitrogen and oxygen atoms in total. The van der Waals surface area contributed by atoms with E-state index in [1.165, 1.54) is 18.5 Å². The molecule has 1 aliphatic rings. The van der Waals surface area contributed by atoms with Crippen LogP contribution in [0.3, 0.4) is 0 Å². The molecule has 0 bridgehead atoms. The Kier molecular flexibility index (Phi) is 6.76. The summed E-state index contributed by atoms with van der Waals surface area (Å²) in [4.78, 5) is 33.2. The van der Waals surface area contributed by atoms with Gasteiger partial charge in [0.25, 0.3) is 0 Å². The Morgan fingerprint density at radius 3 is 2.75 bits per heavy atom. The fraction of sp³-hybridized carbons (Fsp3) is 0.409. The summed E-state index contributed by atoms with van der Waals surface area (Å²) < 4.78 is 13.5. The van der Waals surface area contributed by atoms with Crippen molar-refractivity contribution in [3.8, 4) is 0 Å². The van der Waals surface area contributed by atoms with E-state index in [0.29, 0.717) is 34.4 Å². The fourth-order valence-corrected chi connectivity index (χ4v) is 4.08. The smallest absolute Gasteiger partial charge is 0.226 e. The van der Waals surface area contributed by atoms with E-state index in [1.807, 2.05) is 19.0 Å². The van der Waals surface area contributed by atoms with Gasteiger partial charge in [-0.3, -0.25) is 4.90 Å². The number of anilines is 3. The van der Waals surface area contributed by atoms with E-state index in [0.717, 1.165) is 38.6 Å². The summed E-state index contributed by atoms with van der Waals surface area (Å²) in [5, 5.41) is 3.17. The average Bonchev–Trinajstić information content (AvgIpc) is 2.80. The Balaban J connectivity index is 1.50. The molecule has 2 aromatic heterocycles. The number of carbonyl (C=O) groups is 1. The van der Waals surface area contributed by atoms with Gasteiger partial charge in [-0.2, -0.15) is 0 Å². The van der Waals surface area contributed by atoms with Crippen LogP contribution < -0.4 is 10.2 Å². The molecule has 1 aliphatic heterocycles. The van der Waals surface area contributed by atoms with Gasteiger partial charge in [-0.05, 0) is 57.5 Å². The second kappa shape index (κ2) is 9.70. The second-order valence-electron chi connectivity index (χ2n) is 8.21. The van der Waals surface area contributed by atoms with Crippen molar-refractivity contribution >= 4 is 46.4 Å². The number of likely N-dealkylation sites (N-methyl/N-ethyl adjacent to an activating group) is 1. The summed E-state index contributed by atoms with van der Waals surface area (Å²) in [7, 11) is 3.87. The van der Waals surface area contributed by atoms with Gasteiger partial charge in [-0.15, -0.1) is 0 Å². The van der Waals surface area contributed by atoms with Gasteiger partial charge in [0, 0.05) is 18.8 Å². The van der Waals surface area contributed by atoms with Crippen molar-refractivity contribution in [1.82, 2.24) is 24.8 Å². The van der Waals surface area contributed by atoms with Crippen LogP contribution in [0.2, 0.25) is 5.02 Å². The molecule has 0 aliphatic carbocycles. The van der Waals surface area contributed by atoms with Crippen molar-refractivity contribution in [3.63, 3.8) is 0 Å². The molecule has 32 heavy (non-hydrogen) atoms. The fourth-order valence-electron chi connectivity index (χ4n) is 3.90. The van der Waals surface area contributed by atoms with E-state index in [9.17, 15) is 9.18 Å². The lowest BCUT2D eigenvalue weighted by Crippen LogP contribution is -2.38. The number of piperidine rings is 1. The number of nitrogens with one attached hydrogen (secondary N) is 1. The summed E-state index contributed by atoms with van der Waals surface area (Å²) in [5.74, 6) is 1.12. The topological polar surface area (TPSA) is 87.1 Å². The summed E-state index contributed by atoms with van der Waals surface area (Å²) in [6, 6.07) is 4.33. The summed E-state index contributed by atoms with van der Waals surface area (Å²) >= 11 is 5.89. The van der Waals surface area contributed by atoms with Gasteiger partial charge in [-0.1, -0.05) is 11.6 Å². The lowest BCUT2D eigenvalue weighted by Gasteiger charge is -2.33. The molecule has 3 heterocycles. The van der Waals surface area contributed by atoms with E-state index in [2.05, 4.69) is 25.2 Å². The lowest BCUT2D eigenvalue weighted by molar-refractivity contribution is -0.112. The number of rotatable bonds is 7. The molecule has 1 atom stereocenters. The zero-order valence-corrected chi connectivity index (χ0v) is 18.8. The molecule has 1 fully saturated rings. The van der Waals surface area contributed by atoms with E-state index >= 15 is 0 Å².